The summed E-state index contributed by atoms with van der Waals surface area (Å²) in [7, 11) is 0. The maximum Gasteiger partial charge on any atom is 0.187 e. The Labute approximate surface area is 123 Å². The monoisotopic (exact) mass is 297 g/mol. The Hall–Kier alpha value is -1.17. The molecule has 0 radical (unpaired) electrons. The molecular formula is C13H16ClN3OS. The summed E-state index contributed by atoms with van der Waals surface area (Å²) in [6.07, 6.45) is 4.17. The fraction of sp³-hybridized carbons (Fsp3) is 0.385. The third kappa shape index (κ3) is 5.14. The quantitative estimate of drug-likeness (QED) is 0.509. The third-order valence-corrected chi connectivity index (χ3v) is 3.25. The Balaban J connectivity index is 1.69. The lowest BCUT2D eigenvalue weighted by atomic mass is 10.2. The minimum Gasteiger partial charge on any atom is -0.376 e. The van der Waals surface area contributed by atoms with E-state index in [-0.39, 0.29) is 6.10 Å². The van der Waals surface area contributed by atoms with Crippen LogP contribution in [0.1, 0.15) is 18.4 Å². The number of nitrogens with one attached hydrogen (secondary N) is 2. The van der Waals surface area contributed by atoms with Gasteiger partial charge >= 0.3 is 0 Å². The van der Waals surface area contributed by atoms with Gasteiger partial charge in [-0.2, -0.15) is 5.10 Å². The molecule has 1 aromatic carbocycles. The van der Waals surface area contributed by atoms with Gasteiger partial charge in [0.05, 0.1) is 12.3 Å². The highest BCUT2D eigenvalue weighted by Gasteiger charge is 2.14. The second-order valence-corrected chi connectivity index (χ2v) is 5.11. The summed E-state index contributed by atoms with van der Waals surface area (Å²) < 4.78 is 5.49. The molecule has 0 amide bonds. The van der Waals surface area contributed by atoms with Gasteiger partial charge in [-0.05, 0) is 42.8 Å². The molecule has 4 nitrogen and oxygen atoms in total. The summed E-state index contributed by atoms with van der Waals surface area (Å²) in [5.41, 5.74) is 3.73. The molecule has 19 heavy (non-hydrogen) atoms. The molecule has 1 heterocycles. The molecule has 6 heteroatoms. The highest BCUT2D eigenvalue weighted by Crippen LogP contribution is 2.10. The van der Waals surface area contributed by atoms with Gasteiger partial charge in [0.2, 0.25) is 0 Å². The molecule has 102 valence electrons. The summed E-state index contributed by atoms with van der Waals surface area (Å²) >= 11 is 10.9. The van der Waals surface area contributed by atoms with E-state index in [1.165, 1.54) is 0 Å². The van der Waals surface area contributed by atoms with E-state index in [0.29, 0.717) is 10.1 Å². The average molecular weight is 298 g/mol. The standard InChI is InChI=1S/C13H16ClN3OS/c14-11-5-3-10(4-6-11)8-16-17-13(19)15-9-12-2-1-7-18-12/h3-6,8,12H,1-2,7,9H2,(H2,15,17,19)/b16-8+. The zero-order chi connectivity index (χ0) is 13.5. The molecule has 1 aliphatic heterocycles. The van der Waals surface area contributed by atoms with Crippen molar-refractivity contribution in [2.24, 2.45) is 5.10 Å². The number of ether oxygens (including phenoxy) is 1. The second kappa shape index (κ2) is 7.43. The van der Waals surface area contributed by atoms with E-state index in [1.807, 2.05) is 24.3 Å². The number of hydrogen-bond acceptors (Lipinski definition) is 3. The Kier molecular flexibility index (Phi) is 5.57. The van der Waals surface area contributed by atoms with Crippen LogP contribution < -0.4 is 10.7 Å². The third-order valence-electron chi connectivity index (χ3n) is 2.76. The highest BCUT2D eigenvalue weighted by molar-refractivity contribution is 7.80. The van der Waals surface area contributed by atoms with Gasteiger partial charge in [0.15, 0.2) is 5.11 Å². The lowest BCUT2D eigenvalue weighted by molar-refractivity contribution is 0.114. The van der Waals surface area contributed by atoms with Crippen LogP contribution in [0.15, 0.2) is 29.4 Å². The first-order valence-electron chi connectivity index (χ1n) is 6.18. The molecule has 0 aliphatic carbocycles. The predicted octanol–water partition coefficient (Wildman–Crippen LogP) is 2.32. The zero-order valence-electron chi connectivity index (χ0n) is 10.4. The van der Waals surface area contributed by atoms with Crippen LogP contribution in [0, 0.1) is 0 Å². The van der Waals surface area contributed by atoms with Crippen molar-refractivity contribution in [1.82, 2.24) is 10.7 Å². The zero-order valence-corrected chi connectivity index (χ0v) is 12.0. The van der Waals surface area contributed by atoms with Crippen molar-refractivity contribution in [1.29, 1.82) is 0 Å². The Morgan fingerprint density at radius 1 is 1.47 bits per heavy atom. The molecular weight excluding hydrogens is 282 g/mol. The van der Waals surface area contributed by atoms with Gasteiger partial charge in [-0.25, -0.2) is 0 Å². The predicted molar refractivity (Wildman–Crippen MR) is 81.8 cm³/mol. The normalized spacial score (nSPS) is 18.7. The van der Waals surface area contributed by atoms with Crippen LogP contribution in [-0.2, 0) is 4.74 Å². The Bertz CT molecular complexity index is 444. The molecule has 1 fully saturated rings. The van der Waals surface area contributed by atoms with E-state index in [4.69, 9.17) is 28.6 Å². The summed E-state index contributed by atoms with van der Waals surface area (Å²) in [6.45, 7) is 1.57. The number of nitrogens with zero attached hydrogens (tertiary/aromatic N) is 1. The van der Waals surface area contributed by atoms with Gasteiger partial charge in [-0.15, -0.1) is 0 Å². The van der Waals surface area contributed by atoms with Crippen molar-refractivity contribution >= 4 is 35.1 Å². The van der Waals surface area contributed by atoms with E-state index < -0.39 is 0 Å². The summed E-state index contributed by atoms with van der Waals surface area (Å²) in [5.74, 6) is 0. The van der Waals surface area contributed by atoms with Crippen LogP contribution in [0.2, 0.25) is 5.02 Å². The summed E-state index contributed by atoms with van der Waals surface area (Å²) in [6, 6.07) is 7.40. The number of rotatable bonds is 4. The molecule has 0 saturated carbocycles. The molecule has 0 bridgehead atoms. The van der Waals surface area contributed by atoms with E-state index >= 15 is 0 Å². The average Bonchev–Trinajstić information content (AvgIpc) is 2.92. The van der Waals surface area contributed by atoms with Gasteiger partial charge in [0.1, 0.15) is 0 Å². The number of hydrogen-bond donors (Lipinski definition) is 2. The van der Waals surface area contributed by atoms with E-state index in [9.17, 15) is 0 Å². The minimum atomic E-state index is 0.264. The SMILES string of the molecule is S=C(NCC1CCCO1)N/N=C/c1ccc(Cl)cc1. The van der Waals surface area contributed by atoms with Crippen LogP contribution in [0.4, 0.5) is 0 Å². The van der Waals surface area contributed by atoms with Crippen molar-refractivity contribution in [2.45, 2.75) is 18.9 Å². The molecule has 0 aromatic heterocycles. The van der Waals surface area contributed by atoms with Crippen LogP contribution >= 0.6 is 23.8 Å². The topological polar surface area (TPSA) is 45.6 Å². The molecule has 1 aliphatic rings. The van der Waals surface area contributed by atoms with Gasteiger partial charge in [-0.1, -0.05) is 23.7 Å². The molecule has 1 saturated heterocycles. The molecule has 2 N–H and O–H groups in total. The lowest BCUT2D eigenvalue weighted by Gasteiger charge is -2.11. The van der Waals surface area contributed by atoms with Crippen molar-refractivity contribution in [3.63, 3.8) is 0 Å². The highest BCUT2D eigenvalue weighted by atomic mass is 35.5. The van der Waals surface area contributed by atoms with Gasteiger partial charge in [-0.3, -0.25) is 5.43 Å². The van der Waals surface area contributed by atoms with Crippen molar-refractivity contribution < 1.29 is 4.74 Å². The van der Waals surface area contributed by atoms with Crippen molar-refractivity contribution in [3.05, 3.63) is 34.9 Å². The van der Waals surface area contributed by atoms with Crippen LogP contribution in [0.3, 0.4) is 0 Å². The van der Waals surface area contributed by atoms with Crippen LogP contribution in [0.5, 0.6) is 0 Å². The minimum absolute atomic E-state index is 0.264. The van der Waals surface area contributed by atoms with Crippen LogP contribution in [-0.4, -0.2) is 30.6 Å². The first-order valence-corrected chi connectivity index (χ1v) is 6.97. The van der Waals surface area contributed by atoms with E-state index in [0.717, 1.165) is 31.6 Å². The van der Waals surface area contributed by atoms with E-state index in [1.54, 1.807) is 6.21 Å². The molecule has 1 aromatic rings. The fourth-order valence-electron chi connectivity index (χ4n) is 1.77. The molecule has 2 rings (SSSR count). The number of thiocarbonyl (C=S) groups is 1. The van der Waals surface area contributed by atoms with Crippen molar-refractivity contribution in [2.75, 3.05) is 13.2 Å². The Morgan fingerprint density at radius 2 is 2.26 bits per heavy atom. The largest absolute Gasteiger partial charge is 0.376 e. The molecule has 1 unspecified atom stereocenters. The fourth-order valence-corrected chi connectivity index (χ4v) is 2.03. The van der Waals surface area contributed by atoms with E-state index in [2.05, 4.69) is 15.8 Å². The first kappa shape index (κ1) is 14.2. The van der Waals surface area contributed by atoms with Gasteiger partial charge in [0, 0.05) is 18.2 Å². The molecule has 0 spiro atoms. The Morgan fingerprint density at radius 3 is 2.95 bits per heavy atom. The summed E-state index contributed by atoms with van der Waals surface area (Å²) in [5, 5.41) is 8.34. The smallest absolute Gasteiger partial charge is 0.187 e. The number of benzene rings is 1. The maximum absolute atomic E-state index is 5.80. The first-order chi connectivity index (χ1) is 9.24. The van der Waals surface area contributed by atoms with Gasteiger partial charge < -0.3 is 10.1 Å². The van der Waals surface area contributed by atoms with Gasteiger partial charge in [0.25, 0.3) is 0 Å². The lowest BCUT2D eigenvalue weighted by Crippen LogP contribution is -2.37. The van der Waals surface area contributed by atoms with Crippen LogP contribution in [0.25, 0.3) is 0 Å². The van der Waals surface area contributed by atoms with Crippen molar-refractivity contribution in [3.8, 4) is 0 Å². The number of halogens is 1. The summed E-state index contributed by atoms with van der Waals surface area (Å²) in [4.78, 5) is 0. The second-order valence-electron chi connectivity index (χ2n) is 4.27. The molecule has 1 atom stereocenters. The maximum atomic E-state index is 5.80. The number of hydrazone groups is 1.